The summed E-state index contributed by atoms with van der Waals surface area (Å²) in [6.45, 7) is 6.03. The van der Waals surface area contributed by atoms with Gasteiger partial charge in [-0.05, 0) is 25.1 Å². The van der Waals surface area contributed by atoms with E-state index in [2.05, 4.69) is 52.3 Å². The van der Waals surface area contributed by atoms with E-state index in [1.165, 1.54) is 5.56 Å². The Balaban J connectivity index is 2.06. The first-order chi connectivity index (χ1) is 8.20. The Labute approximate surface area is 101 Å². The third kappa shape index (κ3) is 2.74. The smallest absolute Gasteiger partial charge is 0.146 e. The van der Waals surface area contributed by atoms with E-state index in [4.69, 9.17) is 0 Å². The van der Waals surface area contributed by atoms with Crippen molar-refractivity contribution in [1.29, 1.82) is 0 Å². The van der Waals surface area contributed by atoms with E-state index >= 15 is 0 Å². The predicted octanol–water partition coefficient (Wildman–Crippen LogP) is 1.34. The van der Waals surface area contributed by atoms with E-state index in [1.54, 1.807) is 11.0 Å². The van der Waals surface area contributed by atoms with E-state index in [0.717, 1.165) is 18.9 Å². The topological polar surface area (TPSA) is 47.7 Å². The second-order valence-corrected chi connectivity index (χ2v) is 4.20. The molecule has 1 N–H and O–H groups in total. The molecule has 1 atom stereocenters. The van der Waals surface area contributed by atoms with Crippen molar-refractivity contribution in [2.75, 3.05) is 6.54 Å². The summed E-state index contributed by atoms with van der Waals surface area (Å²) in [7, 11) is 1.91. The van der Waals surface area contributed by atoms with E-state index in [-0.39, 0.29) is 0 Å². The maximum atomic E-state index is 4.22. The molecule has 0 aliphatic heterocycles. The summed E-state index contributed by atoms with van der Waals surface area (Å²) >= 11 is 0. The molecule has 17 heavy (non-hydrogen) atoms. The fourth-order valence-corrected chi connectivity index (χ4v) is 1.86. The number of nitrogens with one attached hydrogen (secondary N) is 1. The monoisotopic (exact) mass is 233 g/mol. The van der Waals surface area contributed by atoms with Crippen molar-refractivity contribution in [2.24, 2.45) is 7.05 Å². The molecule has 0 aliphatic rings. The van der Waals surface area contributed by atoms with Crippen LogP contribution in [0.15, 0.2) is 24.8 Å². The molecule has 0 amide bonds. The molecule has 0 aromatic carbocycles. The first-order valence-corrected chi connectivity index (χ1v) is 5.92. The predicted molar refractivity (Wildman–Crippen MR) is 66.6 cm³/mol. The lowest BCUT2D eigenvalue weighted by Gasteiger charge is -2.09. The van der Waals surface area contributed by atoms with Crippen molar-refractivity contribution in [3.63, 3.8) is 0 Å². The standard InChI is InChI=1S/C12H19N5/c1-4-13-10(2)11-5-6-17(7-11)8-12-14-9-15-16(12)3/h5-7,9-10,13H,4,8H2,1-3H3. The molecule has 0 saturated carbocycles. The lowest BCUT2D eigenvalue weighted by Crippen LogP contribution is -2.17. The van der Waals surface area contributed by atoms with Crippen LogP contribution in [-0.2, 0) is 13.6 Å². The van der Waals surface area contributed by atoms with Crippen molar-refractivity contribution < 1.29 is 0 Å². The maximum Gasteiger partial charge on any atom is 0.146 e. The van der Waals surface area contributed by atoms with Crippen LogP contribution in [0, 0.1) is 0 Å². The quantitative estimate of drug-likeness (QED) is 0.847. The van der Waals surface area contributed by atoms with E-state index in [0.29, 0.717) is 6.04 Å². The van der Waals surface area contributed by atoms with Crippen molar-refractivity contribution >= 4 is 0 Å². The fourth-order valence-electron chi connectivity index (χ4n) is 1.86. The van der Waals surface area contributed by atoms with Gasteiger partial charge in [0, 0.05) is 25.5 Å². The second-order valence-electron chi connectivity index (χ2n) is 4.20. The Bertz CT molecular complexity index is 471. The fraction of sp³-hybridized carbons (Fsp3) is 0.500. The summed E-state index contributed by atoms with van der Waals surface area (Å²) in [5, 5.41) is 7.46. The zero-order chi connectivity index (χ0) is 12.3. The number of aryl methyl sites for hydroxylation is 1. The molecule has 0 fully saturated rings. The Kier molecular flexibility index (Phi) is 3.58. The van der Waals surface area contributed by atoms with Crippen molar-refractivity contribution in [1.82, 2.24) is 24.6 Å². The van der Waals surface area contributed by atoms with Crippen LogP contribution in [-0.4, -0.2) is 25.9 Å². The first-order valence-electron chi connectivity index (χ1n) is 5.92. The lowest BCUT2D eigenvalue weighted by molar-refractivity contribution is 0.594. The SMILES string of the molecule is CCNC(C)c1ccn(Cc2ncnn2C)c1. The molecule has 0 bridgehead atoms. The summed E-state index contributed by atoms with van der Waals surface area (Å²) < 4.78 is 3.93. The van der Waals surface area contributed by atoms with Gasteiger partial charge in [0.2, 0.25) is 0 Å². The van der Waals surface area contributed by atoms with Crippen LogP contribution in [0.5, 0.6) is 0 Å². The van der Waals surface area contributed by atoms with E-state index in [1.807, 2.05) is 7.05 Å². The molecule has 2 aromatic rings. The van der Waals surface area contributed by atoms with Gasteiger partial charge in [-0.1, -0.05) is 6.92 Å². The van der Waals surface area contributed by atoms with E-state index < -0.39 is 0 Å². The van der Waals surface area contributed by atoms with Crippen LogP contribution in [0.2, 0.25) is 0 Å². The van der Waals surface area contributed by atoms with Crippen molar-refractivity contribution in [3.8, 4) is 0 Å². The Morgan fingerprint density at radius 2 is 2.29 bits per heavy atom. The molecule has 2 aromatic heterocycles. The van der Waals surface area contributed by atoms with Gasteiger partial charge in [0.05, 0.1) is 6.54 Å². The van der Waals surface area contributed by atoms with Crippen LogP contribution in [0.1, 0.15) is 31.3 Å². The number of aromatic nitrogens is 4. The van der Waals surface area contributed by atoms with Gasteiger partial charge < -0.3 is 9.88 Å². The van der Waals surface area contributed by atoms with Crippen molar-refractivity contribution in [3.05, 3.63) is 36.2 Å². The average molecular weight is 233 g/mol. The minimum Gasteiger partial charge on any atom is -0.346 e. The average Bonchev–Trinajstić information content (AvgIpc) is 2.90. The molecule has 0 saturated heterocycles. The molecule has 2 rings (SSSR count). The third-order valence-electron chi connectivity index (χ3n) is 2.91. The van der Waals surface area contributed by atoms with Crippen molar-refractivity contribution in [2.45, 2.75) is 26.4 Å². The maximum absolute atomic E-state index is 4.22. The largest absolute Gasteiger partial charge is 0.346 e. The molecule has 0 aliphatic carbocycles. The highest BCUT2D eigenvalue weighted by Crippen LogP contribution is 2.13. The molecular weight excluding hydrogens is 214 g/mol. The van der Waals surface area contributed by atoms with Gasteiger partial charge in [0.25, 0.3) is 0 Å². The van der Waals surface area contributed by atoms with Crippen LogP contribution in [0.25, 0.3) is 0 Å². The Morgan fingerprint density at radius 1 is 1.47 bits per heavy atom. The zero-order valence-corrected chi connectivity index (χ0v) is 10.6. The highest BCUT2D eigenvalue weighted by molar-refractivity contribution is 5.15. The summed E-state index contributed by atoms with van der Waals surface area (Å²) in [4.78, 5) is 4.22. The number of nitrogens with zero attached hydrogens (tertiary/aromatic N) is 4. The molecule has 0 spiro atoms. The summed E-state index contributed by atoms with van der Waals surface area (Å²) in [6.07, 6.45) is 5.82. The third-order valence-corrected chi connectivity index (χ3v) is 2.91. The number of hydrogen-bond acceptors (Lipinski definition) is 3. The Hall–Kier alpha value is -1.62. The highest BCUT2D eigenvalue weighted by atomic mass is 15.3. The van der Waals surface area contributed by atoms with Gasteiger partial charge in [0.15, 0.2) is 0 Å². The summed E-state index contributed by atoms with van der Waals surface area (Å²) in [6, 6.07) is 2.53. The molecule has 0 radical (unpaired) electrons. The van der Waals surface area contributed by atoms with Crippen LogP contribution in [0.3, 0.4) is 0 Å². The summed E-state index contributed by atoms with van der Waals surface area (Å²) in [5.41, 5.74) is 1.30. The lowest BCUT2D eigenvalue weighted by atomic mass is 10.2. The second kappa shape index (κ2) is 5.14. The molecular formula is C12H19N5. The highest BCUT2D eigenvalue weighted by Gasteiger charge is 2.07. The van der Waals surface area contributed by atoms with Gasteiger partial charge in [-0.2, -0.15) is 5.10 Å². The molecule has 1 unspecified atom stereocenters. The van der Waals surface area contributed by atoms with E-state index in [9.17, 15) is 0 Å². The van der Waals surface area contributed by atoms with Crippen LogP contribution < -0.4 is 5.32 Å². The van der Waals surface area contributed by atoms with Gasteiger partial charge >= 0.3 is 0 Å². The molecule has 5 heteroatoms. The minimum atomic E-state index is 0.390. The van der Waals surface area contributed by atoms with Gasteiger partial charge in [-0.3, -0.25) is 4.68 Å². The number of rotatable bonds is 5. The molecule has 2 heterocycles. The number of hydrogen-bond donors (Lipinski definition) is 1. The molecule has 92 valence electrons. The molecule has 5 nitrogen and oxygen atoms in total. The zero-order valence-electron chi connectivity index (χ0n) is 10.6. The van der Waals surface area contributed by atoms with Gasteiger partial charge in [-0.15, -0.1) is 0 Å². The Morgan fingerprint density at radius 3 is 2.94 bits per heavy atom. The summed E-state index contributed by atoms with van der Waals surface area (Å²) in [5.74, 6) is 0.961. The minimum absolute atomic E-state index is 0.390. The van der Waals surface area contributed by atoms with Crippen LogP contribution >= 0.6 is 0 Å². The van der Waals surface area contributed by atoms with Crippen LogP contribution in [0.4, 0.5) is 0 Å². The normalized spacial score (nSPS) is 12.9. The first kappa shape index (κ1) is 11.9. The van der Waals surface area contributed by atoms with Gasteiger partial charge in [-0.25, -0.2) is 4.98 Å². The van der Waals surface area contributed by atoms with Gasteiger partial charge in [0.1, 0.15) is 12.2 Å².